The standard InChI is InChI=1S/C17H29FN2/c1-6-10-19-14(4)16-12-15(18)7-8-17(16)20(5)11-9-13(2)3/h7-8,12-14,19H,6,9-11H2,1-5H3. The number of nitrogens with zero attached hydrogens (tertiary/aromatic N) is 1. The van der Waals surface area contributed by atoms with Gasteiger partial charge in [-0.2, -0.15) is 0 Å². The quantitative estimate of drug-likeness (QED) is 0.760. The summed E-state index contributed by atoms with van der Waals surface area (Å²) in [5.74, 6) is 0.517. The fourth-order valence-corrected chi connectivity index (χ4v) is 2.26. The van der Waals surface area contributed by atoms with Gasteiger partial charge in [0.1, 0.15) is 5.82 Å². The number of hydrogen-bond donors (Lipinski definition) is 1. The molecule has 0 fully saturated rings. The van der Waals surface area contributed by atoms with Gasteiger partial charge in [-0.1, -0.05) is 20.8 Å². The summed E-state index contributed by atoms with van der Waals surface area (Å²) in [6.45, 7) is 10.6. The van der Waals surface area contributed by atoms with Crippen molar-refractivity contribution in [1.82, 2.24) is 5.32 Å². The van der Waals surface area contributed by atoms with Crippen molar-refractivity contribution >= 4 is 5.69 Å². The van der Waals surface area contributed by atoms with Crippen LogP contribution in [-0.4, -0.2) is 20.1 Å². The van der Waals surface area contributed by atoms with E-state index in [4.69, 9.17) is 0 Å². The first-order chi connectivity index (χ1) is 9.45. The maximum Gasteiger partial charge on any atom is 0.123 e. The predicted octanol–water partition coefficient (Wildman–Crippen LogP) is 4.37. The molecular weight excluding hydrogens is 251 g/mol. The summed E-state index contributed by atoms with van der Waals surface area (Å²) >= 11 is 0. The molecule has 2 nitrogen and oxygen atoms in total. The Bertz CT molecular complexity index is 404. The second kappa shape index (κ2) is 8.25. The van der Waals surface area contributed by atoms with Crippen LogP contribution >= 0.6 is 0 Å². The smallest absolute Gasteiger partial charge is 0.123 e. The van der Waals surface area contributed by atoms with Gasteiger partial charge in [0.2, 0.25) is 0 Å². The van der Waals surface area contributed by atoms with Gasteiger partial charge in [0, 0.05) is 25.3 Å². The van der Waals surface area contributed by atoms with E-state index >= 15 is 0 Å². The Hall–Kier alpha value is -1.09. The highest BCUT2D eigenvalue weighted by molar-refractivity contribution is 5.54. The largest absolute Gasteiger partial charge is 0.374 e. The molecule has 1 N–H and O–H groups in total. The van der Waals surface area contributed by atoms with Gasteiger partial charge in [0.15, 0.2) is 0 Å². The van der Waals surface area contributed by atoms with Gasteiger partial charge >= 0.3 is 0 Å². The first kappa shape index (κ1) is 17.0. The zero-order chi connectivity index (χ0) is 15.1. The van der Waals surface area contributed by atoms with Gasteiger partial charge in [0.05, 0.1) is 0 Å². The van der Waals surface area contributed by atoms with Gasteiger partial charge in [0.25, 0.3) is 0 Å². The van der Waals surface area contributed by atoms with Crippen molar-refractivity contribution in [3.8, 4) is 0 Å². The highest BCUT2D eigenvalue weighted by Gasteiger charge is 2.14. The molecule has 0 saturated heterocycles. The Morgan fingerprint density at radius 3 is 2.55 bits per heavy atom. The molecule has 1 aromatic carbocycles. The van der Waals surface area contributed by atoms with Gasteiger partial charge < -0.3 is 10.2 Å². The van der Waals surface area contributed by atoms with E-state index in [9.17, 15) is 4.39 Å². The van der Waals surface area contributed by atoms with E-state index in [0.29, 0.717) is 5.92 Å². The fraction of sp³-hybridized carbons (Fsp3) is 0.647. The van der Waals surface area contributed by atoms with Crippen LogP contribution in [0.1, 0.15) is 52.1 Å². The molecule has 0 aliphatic carbocycles. The lowest BCUT2D eigenvalue weighted by Gasteiger charge is -2.26. The van der Waals surface area contributed by atoms with Crippen molar-refractivity contribution in [2.75, 3.05) is 25.0 Å². The van der Waals surface area contributed by atoms with Crippen molar-refractivity contribution < 1.29 is 4.39 Å². The molecule has 0 aliphatic rings. The average molecular weight is 280 g/mol. The summed E-state index contributed by atoms with van der Waals surface area (Å²) in [5.41, 5.74) is 2.17. The molecule has 1 aromatic rings. The maximum atomic E-state index is 13.6. The van der Waals surface area contributed by atoms with Crippen LogP contribution in [0, 0.1) is 11.7 Å². The molecule has 0 bridgehead atoms. The number of hydrogen-bond acceptors (Lipinski definition) is 2. The summed E-state index contributed by atoms with van der Waals surface area (Å²) in [7, 11) is 2.09. The topological polar surface area (TPSA) is 15.3 Å². The molecule has 0 aromatic heterocycles. The normalized spacial score (nSPS) is 12.8. The Labute approximate surface area is 123 Å². The first-order valence-electron chi connectivity index (χ1n) is 7.69. The third-order valence-electron chi connectivity index (χ3n) is 3.61. The third kappa shape index (κ3) is 5.12. The van der Waals surface area contributed by atoms with Crippen LogP contribution in [0.4, 0.5) is 10.1 Å². The molecule has 0 amide bonds. The van der Waals surface area contributed by atoms with Crippen molar-refractivity contribution in [3.63, 3.8) is 0 Å². The van der Waals surface area contributed by atoms with Crippen LogP contribution < -0.4 is 10.2 Å². The third-order valence-corrected chi connectivity index (χ3v) is 3.61. The van der Waals surface area contributed by atoms with Crippen LogP contribution in [0.15, 0.2) is 18.2 Å². The van der Waals surface area contributed by atoms with Crippen molar-refractivity contribution in [2.24, 2.45) is 5.92 Å². The molecule has 0 aliphatic heterocycles. The second-order valence-corrected chi connectivity index (χ2v) is 5.98. The zero-order valence-corrected chi connectivity index (χ0v) is 13.5. The van der Waals surface area contributed by atoms with Gasteiger partial charge in [-0.3, -0.25) is 0 Å². The molecule has 1 atom stereocenters. The van der Waals surface area contributed by atoms with E-state index < -0.39 is 0 Å². The second-order valence-electron chi connectivity index (χ2n) is 5.98. The van der Waals surface area contributed by atoms with E-state index in [1.165, 1.54) is 0 Å². The summed E-state index contributed by atoms with van der Waals surface area (Å²) in [5, 5.41) is 3.44. The van der Waals surface area contributed by atoms with E-state index in [1.54, 1.807) is 12.1 Å². The number of anilines is 1. The molecule has 114 valence electrons. The average Bonchev–Trinajstić information content (AvgIpc) is 2.41. The van der Waals surface area contributed by atoms with Gasteiger partial charge in [-0.05, 0) is 56.0 Å². The molecule has 0 spiro atoms. The van der Waals surface area contributed by atoms with Crippen LogP contribution in [0.5, 0.6) is 0 Å². The minimum atomic E-state index is -0.161. The van der Waals surface area contributed by atoms with Crippen molar-refractivity contribution in [3.05, 3.63) is 29.6 Å². The monoisotopic (exact) mass is 280 g/mol. The van der Waals surface area contributed by atoms with E-state index in [1.807, 2.05) is 6.07 Å². The molecule has 0 radical (unpaired) electrons. The van der Waals surface area contributed by atoms with Gasteiger partial charge in [-0.15, -0.1) is 0 Å². The Balaban J connectivity index is 2.88. The first-order valence-corrected chi connectivity index (χ1v) is 7.69. The predicted molar refractivity (Wildman–Crippen MR) is 85.8 cm³/mol. The van der Waals surface area contributed by atoms with Crippen molar-refractivity contribution in [1.29, 1.82) is 0 Å². The van der Waals surface area contributed by atoms with Crippen LogP contribution in [0.3, 0.4) is 0 Å². The molecule has 0 heterocycles. The Kier molecular flexibility index (Phi) is 7.00. The lowest BCUT2D eigenvalue weighted by molar-refractivity contribution is 0.556. The summed E-state index contributed by atoms with van der Waals surface area (Å²) < 4.78 is 13.6. The molecule has 0 saturated carbocycles. The summed E-state index contributed by atoms with van der Waals surface area (Å²) in [4.78, 5) is 2.24. The zero-order valence-electron chi connectivity index (χ0n) is 13.5. The Morgan fingerprint density at radius 1 is 1.25 bits per heavy atom. The van der Waals surface area contributed by atoms with E-state index in [0.717, 1.165) is 37.2 Å². The number of benzene rings is 1. The minimum absolute atomic E-state index is 0.161. The SMILES string of the molecule is CCCNC(C)c1cc(F)ccc1N(C)CCC(C)C. The molecule has 1 unspecified atom stereocenters. The van der Waals surface area contributed by atoms with Crippen LogP contribution in [-0.2, 0) is 0 Å². The van der Waals surface area contributed by atoms with Gasteiger partial charge in [-0.25, -0.2) is 4.39 Å². The minimum Gasteiger partial charge on any atom is -0.374 e. The van der Waals surface area contributed by atoms with E-state index in [-0.39, 0.29) is 11.9 Å². The molecule has 20 heavy (non-hydrogen) atoms. The lowest BCUT2D eigenvalue weighted by atomic mass is 10.0. The lowest BCUT2D eigenvalue weighted by Crippen LogP contribution is -2.25. The van der Waals surface area contributed by atoms with E-state index in [2.05, 4.69) is 45.0 Å². The molecule has 1 rings (SSSR count). The van der Waals surface area contributed by atoms with Crippen molar-refractivity contribution in [2.45, 2.75) is 46.6 Å². The summed E-state index contributed by atoms with van der Waals surface area (Å²) in [6, 6.07) is 5.28. The maximum absolute atomic E-state index is 13.6. The fourth-order valence-electron chi connectivity index (χ4n) is 2.26. The summed E-state index contributed by atoms with van der Waals surface area (Å²) in [6.07, 6.45) is 2.22. The number of halogens is 1. The highest BCUT2D eigenvalue weighted by atomic mass is 19.1. The van der Waals surface area contributed by atoms with Crippen LogP contribution in [0.2, 0.25) is 0 Å². The molecular formula is C17H29FN2. The number of rotatable bonds is 8. The molecule has 3 heteroatoms. The highest BCUT2D eigenvalue weighted by Crippen LogP contribution is 2.27. The Morgan fingerprint density at radius 2 is 1.95 bits per heavy atom. The number of nitrogens with one attached hydrogen (secondary N) is 1. The van der Waals surface area contributed by atoms with Crippen LogP contribution in [0.25, 0.3) is 0 Å².